The molecule has 1 atom stereocenters. The summed E-state index contributed by atoms with van der Waals surface area (Å²) in [6.45, 7) is 4.52. The number of rotatable bonds is 2. The number of halogens is 1. The molecule has 7 heavy (non-hydrogen) atoms. The zero-order valence-electron chi connectivity index (χ0n) is 5.08. The molecule has 1 unspecified atom stereocenters. The van der Waals surface area contributed by atoms with Gasteiger partial charge >= 0.3 is 52.4 Å². The van der Waals surface area contributed by atoms with Gasteiger partial charge in [-0.15, -0.1) is 0 Å². The van der Waals surface area contributed by atoms with Crippen molar-refractivity contribution in [2.75, 3.05) is 0 Å². The maximum Gasteiger partial charge on any atom is -1.00 e. The average molecular weight is 222 g/mol. The Morgan fingerprint density at radius 2 is 2.00 bits per heavy atom. The summed E-state index contributed by atoms with van der Waals surface area (Å²) < 4.78 is 1.36. The minimum atomic E-state index is 0. The molecule has 0 radical (unpaired) electrons. The van der Waals surface area contributed by atoms with E-state index in [0.29, 0.717) is 0 Å². The number of hydrogen-bond acceptors (Lipinski definition) is 0. The fraction of sp³-hybridized carbons (Fsp3) is 1.00. The molecule has 0 heterocycles. The predicted molar refractivity (Wildman–Crippen MR) is 30.0 cm³/mol. The summed E-state index contributed by atoms with van der Waals surface area (Å²) in [7, 11) is 0. The maximum absolute atomic E-state index is 2.28. The second kappa shape index (κ2) is 7.50. The molecule has 0 saturated heterocycles. The smallest absolute Gasteiger partial charge is 1.00 e. The van der Waals surface area contributed by atoms with Gasteiger partial charge < -0.3 is 24.0 Å². The van der Waals surface area contributed by atoms with Crippen LogP contribution in [0.2, 0.25) is 4.55 Å². The molecule has 0 N–H and O–H groups in total. The molecule has 2 heteroatoms. The first-order chi connectivity index (χ1) is 2.81. The molecule has 0 nitrogen and oxygen atoms in total. The molecule has 0 aromatic heterocycles. The minimum Gasteiger partial charge on any atom is -1.00 e. The SMILES string of the molecule is CCC(C)[CH2][Mg+].[I-]. The van der Waals surface area contributed by atoms with Crippen molar-refractivity contribution in [2.45, 2.75) is 24.8 Å². The van der Waals surface area contributed by atoms with Crippen LogP contribution < -0.4 is 24.0 Å². The van der Waals surface area contributed by atoms with Crippen molar-refractivity contribution in [3.05, 3.63) is 0 Å². The van der Waals surface area contributed by atoms with Crippen LogP contribution in [0.5, 0.6) is 0 Å². The van der Waals surface area contributed by atoms with Crippen LogP contribution in [-0.2, 0) is 0 Å². The Bertz CT molecular complexity index is 27.3. The summed E-state index contributed by atoms with van der Waals surface area (Å²) in [4.78, 5) is 0. The molecule has 0 aliphatic rings. The molecule has 0 amide bonds. The summed E-state index contributed by atoms with van der Waals surface area (Å²) in [5, 5.41) is 0. The second-order valence-electron chi connectivity index (χ2n) is 1.80. The van der Waals surface area contributed by atoms with Crippen LogP contribution in [0.25, 0.3) is 0 Å². The number of hydrogen-bond donors (Lipinski definition) is 0. The Labute approximate surface area is 75.9 Å². The van der Waals surface area contributed by atoms with Gasteiger partial charge in [-0.25, -0.2) is 0 Å². The van der Waals surface area contributed by atoms with Crippen molar-refractivity contribution in [1.29, 1.82) is 0 Å². The minimum absolute atomic E-state index is 0. The first kappa shape index (κ1) is 11.3. The molecule has 0 aromatic rings. The van der Waals surface area contributed by atoms with Crippen molar-refractivity contribution in [3.8, 4) is 0 Å². The Hall–Kier alpha value is 1.50. The van der Waals surface area contributed by atoms with Gasteiger partial charge in [0.25, 0.3) is 0 Å². The molecular weight excluding hydrogens is 211 g/mol. The molecule has 0 saturated carbocycles. The quantitative estimate of drug-likeness (QED) is 0.399. The van der Waals surface area contributed by atoms with E-state index >= 15 is 0 Å². The topological polar surface area (TPSA) is 0 Å². The van der Waals surface area contributed by atoms with Gasteiger partial charge in [-0.1, -0.05) is 0 Å². The zero-order chi connectivity index (χ0) is 4.99. The molecule has 0 aliphatic heterocycles. The van der Waals surface area contributed by atoms with Crippen LogP contribution >= 0.6 is 0 Å². The Morgan fingerprint density at radius 3 is 2.00 bits per heavy atom. The van der Waals surface area contributed by atoms with Gasteiger partial charge in [0, 0.05) is 0 Å². The van der Waals surface area contributed by atoms with Crippen molar-refractivity contribution >= 4 is 21.7 Å². The van der Waals surface area contributed by atoms with Crippen LogP contribution in [0.1, 0.15) is 20.3 Å². The zero-order valence-corrected chi connectivity index (χ0v) is 8.65. The van der Waals surface area contributed by atoms with Gasteiger partial charge in [-0.2, -0.15) is 0 Å². The second-order valence-corrected chi connectivity index (χ2v) is 2.38. The van der Waals surface area contributed by atoms with E-state index in [1.54, 1.807) is 0 Å². The molecule has 40 valence electrons. The van der Waals surface area contributed by atoms with Crippen molar-refractivity contribution < 1.29 is 24.0 Å². The van der Waals surface area contributed by atoms with Crippen molar-refractivity contribution in [2.24, 2.45) is 5.92 Å². The van der Waals surface area contributed by atoms with E-state index in [1.807, 2.05) is 0 Å². The molecular formula is C5H11IMg. The summed E-state index contributed by atoms with van der Waals surface area (Å²) in [5.41, 5.74) is 0. The summed E-state index contributed by atoms with van der Waals surface area (Å²) in [5.74, 6) is 0.948. The fourth-order valence-corrected chi connectivity index (χ4v) is 0.612. The molecule has 0 aliphatic carbocycles. The van der Waals surface area contributed by atoms with E-state index < -0.39 is 0 Å². The molecule has 0 bridgehead atoms. The van der Waals surface area contributed by atoms with E-state index in [1.165, 1.54) is 11.0 Å². The summed E-state index contributed by atoms with van der Waals surface area (Å²) >= 11 is 2.06. The van der Waals surface area contributed by atoms with Crippen LogP contribution in [0.4, 0.5) is 0 Å². The average Bonchev–Trinajstić information content (AvgIpc) is 1.65. The third kappa shape index (κ3) is 7.50. The van der Waals surface area contributed by atoms with Gasteiger partial charge in [-0.3, -0.25) is 0 Å². The monoisotopic (exact) mass is 222 g/mol. The van der Waals surface area contributed by atoms with Crippen molar-refractivity contribution in [1.82, 2.24) is 0 Å². The van der Waals surface area contributed by atoms with Crippen LogP contribution in [0, 0.1) is 5.92 Å². The van der Waals surface area contributed by atoms with Gasteiger partial charge in [0.05, 0.1) is 0 Å². The predicted octanol–water partition coefficient (Wildman–Crippen LogP) is -1.38. The van der Waals surface area contributed by atoms with E-state index in [2.05, 4.69) is 35.6 Å². The van der Waals surface area contributed by atoms with Crippen molar-refractivity contribution in [3.63, 3.8) is 0 Å². The summed E-state index contributed by atoms with van der Waals surface area (Å²) in [6, 6.07) is 0. The Balaban J connectivity index is 0. The maximum atomic E-state index is 2.28. The summed E-state index contributed by atoms with van der Waals surface area (Å²) in [6.07, 6.45) is 1.34. The third-order valence-electron chi connectivity index (χ3n) is 1.19. The molecule has 0 spiro atoms. The van der Waals surface area contributed by atoms with Crippen LogP contribution in [-0.4, -0.2) is 21.7 Å². The van der Waals surface area contributed by atoms with Gasteiger partial charge in [0.15, 0.2) is 0 Å². The largest absolute Gasteiger partial charge is 1.00 e. The van der Waals surface area contributed by atoms with E-state index in [9.17, 15) is 0 Å². The van der Waals surface area contributed by atoms with Gasteiger partial charge in [0.1, 0.15) is 0 Å². The molecule has 0 rings (SSSR count). The first-order valence-corrected chi connectivity index (χ1v) is 3.60. The molecule has 0 aromatic carbocycles. The Morgan fingerprint density at radius 1 is 1.57 bits per heavy atom. The first-order valence-electron chi connectivity index (χ1n) is 2.60. The van der Waals surface area contributed by atoms with Gasteiger partial charge in [0.2, 0.25) is 0 Å². The third-order valence-corrected chi connectivity index (χ3v) is 2.18. The standard InChI is InChI=1S/C5H11.HI.Mg/c1-4-5(2)3;;/h5H,2,4H2,1,3H3;1H;/q;;+1/p-1. The van der Waals surface area contributed by atoms with E-state index in [-0.39, 0.29) is 24.0 Å². The van der Waals surface area contributed by atoms with Gasteiger partial charge in [-0.05, 0) is 0 Å². The fourth-order valence-electron chi connectivity index (χ4n) is 0.204. The van der Waals surface area contributed by atoms with E-state index in [4.69, 9.17) is 0 Å². The Kier molecular flexibility index (Phi) is 12.1. The molecule has 0 fully saturated rings. The normalized spacial score (nSPS) is 12.6. The van der Waals surface area contributed by atoms with Crippen LogP contribution in [0.15, 0.2) is 0 Å². The van der Waals surface area contributed by atoms with Crippen LogP contribution in [0.3, 0.4) is 0 Å². The van der Waals surface area contributed by atoms with E-state index in [0.717, 1.165) is 5.92 Å².